The Morgan fingerprint density at radius 3 is 2.67 bits per heavy atom. The van der Waals surface area contributed by atoms with Gasteiger partial charge in [0.1, 0.15) is 5.75 Å². The first-order chi connectivity index (χ1) is 10.2. The first kappa shape index (κ1) is 13.2. The summed E-state index contributed by atoms with van der Waals surface area (Å²) in [6.45, 7) is 2.03. The van der Waals surface area contributed by atoms with E-state index in [0.29, 0.717) is 11.6 Å². The number of anilines is 1. The number of methoxy groups -OCH3 is 1. The van der Waals surface area contributed by atoms with Gasteiger partial charge in [-0.05, 0) is 19.1 Å². The van der Waals surface area contributed by atoms with E-state index in [1.807, 2.05) is 55.5 Å². The van der Waals surface area contributed by atoms with Crippen LogP contribution in [-0.4, -0.2) is 12.3 Å². The average molecular weight is 280 g/mol. The molecule has 3 aromatic rings. The van der Waals surface area contributed by atoms with E-state index >= 15 is 0 Å². The van der Waals surface area contributed by atoms with Gasteiger partial charge in [-0.15, -0.1) is 0 Å². The number of nitrogen functional groups attached to an aromatic ring is 1. The van der Waals surface area contributed by atoms with Crippen molar-refractivity contribution in [2.45, 2.75) is 6.92 Å². The smallest absolute Gasteiger partial charge is 0.177 e. The average Bonchev–Trinajstić information content (AvgIpc) is 2.89. The predicted octanol–water partition coefficient (Wildman–Crippen LogP) is 3.91. The molecule has 0 aliphatic heterocycles. The molecule has 0 amide bonds. The fourth-order valence-electron chi connectivity index (χ4n) is 2.40. The summed E-state index contributed by atoms with van der Waals surface area (Å²) < 4.78 is 10.9. The molecule has 3 rings (SSSR count). The highest BCUT2D eigenvalue weighted by atomic mass is 16.5. The van der Waals surface area contributed by atoms with E-state index in [0.717, 1.165) is 28.0 Å². The molecule has 21 heavy (non-hydrogen) atoms. The fourth-order valence-corrected chi connectivity index (χ4v) is 2.40. The zero-order valence-corrected chi connectivity index (χ0v) is 12.0. The van der Waals surface area contributed by atoms with Crippen molar-refractivity contribution in [2.75, 3.05) is 12.8 Å². The van der Waals surface area contributed by atoms with Crippen molar-refractivity contribution in [3.05, 3.63) is 54.1 Å². The van der Waals surface area contributed by atoms with E-state index in [2.05, 4.69) is 5.16 Å². The number of para-hydroxylation sites is 1. The lowest BCUT2D eigenvalue weighted by molar-refractivity contribution is 0.416. The highest BCUT2D eigenvalue weighted by molar-refractivity contribution is 5.89. The van der Waals surface area contributed by atoms with Crippen molar-refractivity contribution < 1.29 is 9.26 Å². The minimum atomic E-state index is 0.357. The topological polar surface area (TPSA) is 61.3 Å². The van der Waals surface area contributed by atoms with Crippen molar-refractivity contribution >= 4 is 5.82 Å². The summed E-state index contributed by atoms with van der Waals surface area (Å²) in [4.78, 5) is 0. The minimum Gasteiger partial charge on any atom is -0.496 e. The van der Waals surface area contributed by atoms with Crippen LogP contribution in [0.25, 0.3) is 22.5 Å². The normalized spacial score (nSPS) is 10.6. The monoisotopic (exact) mass is 280 g/mol. The molecule has 0 spiro atoms. The van der Waals surface area contributed by atoms with Crippen molar-refractivity contribution in [3.63, 3.8) is 0 Å². The molecule has 0 atom stereocenters. The summed E-state index contributed by atoms with van der Waals surface area (Å²) >= 11 is 0. The van der Waals surface area contributed by atoms with Crippen molar-refractivity contribution in [1.82, 2.24) is 5.16 Å². The zero-order valence-electron chi connectivity index (χ0n) is 12.0. The Bertz CT molecular complexity index is 778. The molecule has 0 fully saturated rings. The third kappa shape index (κ3) is 2.36. The lowest BCUT2D eigenvalue weighted by Crippen LogP contribution is -1.92. The van der Waals surface area contributed by atoms with Crippen LogP contribution in [0.5, 0.6) is 5.75 Å². The molecule has 4 heteroatoms. The molecule has 0 saturated carbocycles. The van der Waals surface area contributed by atoms with Gasteiger partial charge in [-0.25, -0.2) is 0 Å². The van der Waals surface area contributed by atoms with Crippen LogP contribution in [0, 0.1) is 6.92 Å². The molecular formula is C17H16N2O2. The molecule has 1 aromatic heterocycles. The lowest BCUT2D eigenvalue weighted by atomic mass is 10.00. The first-order valence-corrected chi connectivity index (χ1v) is 6.66. The lowest BCUT2D eigenvalue weighted by Gasteiger charge is -2.08. The van der Waals surface area contributed by atoms with Crippen molar-refractivity contribution in [2.24, 2.45) is 0 Å². The fraction of sp³-hybridized carbons (Fsp3) is 0.118. The highest BCUT2D eigenvalue weighted by Crippen LogP contribution is 2.40. The number of ether oxygens (including phenoxy) is 1. The molecule has 2 aromatic carbocycles. The number of benzene rings is 2. The summed E-state index contributed by atoms with van der Waals surface area (Å²) in [5.74, 6) is 1.75. The van der Waals surface area contributed by atoms with Crippen LogP contribution in [0.4, 0.5) is 5.82 Å². The molecule has 0 aliphatic rings. The first-order valence-electron chi connectivity index (χ1n) is 6.66. The van der Waals surface area contributed by atoms with Crippen LogP contribution in [0.15, 0.2) is 53.1 Å². The summed E-state index contributed by atoms with van der Waals surface area (Å²) in [6, 6.07) is 15.7. The van der Waals surface area contributed by atoms with Gasteiger partial charge in [0.15, 0.2) is 11.6 Å². The maximum Gasteiger partial charge on any atom is 0.177 e. The standard InChI is InChI=1S/C17H16N2O2/c1-11-6-5-7-12(10-11)16-15(17(18)19-21-16)13-8-3-4-9-14(13)20-2/h3-10H,1-2H3,(H2,18,19). The van der Waals surface area contributed by atoms with Gasteiger partial charge >= 0.3 is 0 Å². The van der Waals surface area contributed by atoms with E-state index in [4.69, 9.17) is 15.0 Å². The Morgan fingerprint density at radius 1 is 1.10 bits per heavy atom. The molecule has 0 bridgehead atoms. The van der Waals surface area contributed by atoms with Crippen LogP contribution in [0.1, 0.15) is 5.56 Å². The van der Waals surface area contributed by atoms with Crippen LogP contribution in [0.2, 0.25) is 0 Å². The molecule has 1 heterocycles. The molecule has 0 radical (unpaired) electrons. The van der Waals surface area contributed by atoms with Gasteiger partial charge in [-0.1, -0.05) is 47.1 Å². The summed E-state index contributed by atoms with van der Waals surface area (Å²) in [6.07, 6.45) is 0. The van der Waals surface area contributed by atoms with Gasteiger partial charge < -0.3 is 15.0 Å². The van der Waals surface area contributed by atoms with Gasteiger partial charge in [0.05, 0.1) is 12.7 Å². The van der Waals surface area contributed by atoms with Crippen LogP contribution in [-0.2, 0) is 0 Å². The number of aryl methyl sites for hydroxylation is 1. The van der Waals surface area contributed by atoms with E-state index < -0.39 is 0 Å². The Labute approximate surface area is 123 Å². The number of nitrogens with two attached hydrogens (primary N) is 1. The Hall–Kier alpha value is -2.75. The number of aromatic nitrogens is 1. The summed E-state index contributed by atoms with van der Waals surface area (Å²) in [5, 5.41) is 3.92. The highest BCUT2D eigenvalue weighted by Gasteiger charge is 2.20. The summed E-state index contributed by atoms with van der Waals surface area (Å²) in [7, 11) is 1.63. The van der Waals surface area contributed by atoms with Crippen molar-refractivity contribution in [3.8, 4) is 28.2 Å². The third-order valence-corrected chi connectivity index (χ3v) is 3.38. The quantitative estimate of drug-likeness (QED) is 0.790. The molecular weight excluding hydrogens is 264 g/mol. The SMILES string of the molecule is COc1ccccc1-c1c(N)noc1-c1cccc(C)c1. The van der Waals surface area contributed by atoms with Gasteiger partial charge in [0.2, 0.25) is 0 Å². The largest absolute Gasteiger partial charge is 0.496 e. The number of hydrogen-bond donors (Lipinski definition) is 1. The van der Waals surface area contributed by atoms with Gasteiger partial charge in [0, 0.05) is 11.1 Å². The van der Waals surface area contributed by atoms with Crippen molar-refractivity contribution in [1.29, 1.82) is 0 Å². The number of hydrogen-bond acceptors (Lipinski definition) is 4. The van der Waals surface area contributed by atoms with Crippen LogP contribution >= 0.6 is 0 Å². The number of rotatable bonds is 3. The van der Waals surface area contributed by atoms with E-state index in [1.165, 1.54) is 0 Å². The molecule has 106 valence electrons. The van der Waals surface area contributed by atoms with E-state index in [9.17, 15) is 0 Å². The van der Waals surface area contributed by atoms with Crippen LogP contribution < -0.4 is 10.5 Å². The molecule has 0 unspecified atom stereocenters. The maximum absolute atomic E-state index is 6.01. The molecule has 0 saturated heterocycles. The Balaban J connectivity index is 2.22. The van der Waals surface area contributed by atoms with Gasteiger partial charge in [-0.2, -0.15) is 0 Å². The second-order valence-electron chi connectivity index (χ2n) is 4.84. The maximum atomic E-state index is 6.01. The zero-order chi connectivity index (χ0) is 14.8. The molecule has 4 nitrogen and oxygen atoms in total. The second-order valence-corrected chi connectivity index (χ2v) is 4.84. The summed E-state index contributed by atoms with van der Waals surface area (Å²) in [5.41, 5.74) is 9.74. The Kier molecular flexibility index (Phi) is 3.36. The Morgan fingerprint density at radius 2 is 1.90 bits per heavy atom. The van der Waals surface area contributed by atoms with Gasteiger partial charge in [0.25, 0.3) is 0 Å². The van der Waals surface area contributed by atoms with E-state index in [1.54, 1.807) is 7.11 Å². The van der Waals surface area contributed by atoms with E-state index in [-0.39, 0.29) is 0 Å². The molecule has 2 N–H and O–H groups in total. The van der Waals surface area contributed by atoms with Gasteiger partial charge in [-0.3, -0.25) is 0 Å². The molecule has 0 aliphatic carbocycles. The van der Waals surface area contributed by atoms with Crippen LogP contribution in [0.3, 0.4) is 0 Å². The number of nitrogens with zero attached hydrogens (tertiary/aromatic N) is 1. The third-order valence-electron chi connectivity index (χ3n) is 3.38. The minimum absolute atomic E-state index is 0.357. The second kappa shape index (κ2) is 5.32. The predicted molar refractivity (Wildman–Crippen MR) is 83.1 cm³/mol.